The Kier molecular flexibility index (Phi) is 6.13. The summed E-state index contributed by atoms with van der Waals surface area (Å²) < 4.78 is 0. The van der Waals surface area contributed by atoms with Crippen molar-refractivity contribution in [2.45, 2.75) is 32.1 Å². The number of halogens is 1. The summed E-state index contributed by atoms with van der Waals surface area (Å²) in [5, 5.41) is 19.3. The van der Waals surface area contributed by atoms with Crippen LogP contribution in [0.3, 0.4) is 0 Å². The van der Waals surface area contributed by atoms with E-state index in [9.17, 15) is 10.5 Å². The van der Waals surface area contributed by atoms with E-state index in [1.54, 1.807) is 0 Å². The summed E-state index contributed by atoms with van der Waals surface area (Å²) in [7, 11) is 0. The molecule has 98 valence electrons. The zero-order valence-corrected chi connectivity index (χ0v) is 11.7. The Morgan fingerprint density at radius 2 is 1.79 bits per heavy atom. The fourth-order valence-corrected chi connectivity index (χ4v) is 2.06. The summed E-state index contributed by atoms with van der Waals surface area (Å²) in [6, 6.07) is 11.9. The van der Waals surface area contributed by atoms with Gasteiger partial charge in [-0.1, -0.05) is 29.8 Å². The van der Waals surface area contributed by atoms with Gasteiger partial charge in [-0.15, -0.1) is 6.58 Å². The maximum absolute atomic E-state index is 9.28. The fourth-order valence-electron chi connectivity index (χ4n) is 1.93. The van der Waals surface area contributed by atoms with Crippen LogP contribution in [0.5, 0.6) is 0 Å². The van der Waals surface area contributed by atoms with Crippen LogP contribution < -0.4 is 0 Å². The van der Waals surface area contributed by atoms with Crippen LogP contribution in [0.15, 0.2) is 36.9 Å². The molecule has 0 spiro atoms. The normalized spacial score (nSPS) is 10.5. The zero-order valence-electron chi connectivity index (χ0n) is 10.9. The maximum Gasteiger partial charge on any atom is 0.144 e. The molecule has 0 heterocycles. The summed E-state index contributed by atoms with van der Waals surface area (Å²) in [4.78, 5) is 0. The number of nitrogens with zero attached hydrogens (tertiary/aromatic N) is 2. The molecule has 0 fully saturated rings. The first-order chi connectivity index (χ1) is 9.15. The Bertz CT molecular complexity index is 477. The summed E-state index contributed by atoms with van der Waals surface area (Å²) in [6.45, 7) is 3.66. The minimum Gasteiger partial charge on any atom is -0.197 e. The zero-order chi connectivity index (χ0) is 14.1. The summed E-state index contributed by atoms with van der Waals surface area (Å²) >= 11 is 5.83. The summed E-state index contributed by atoms with van der Waals surface area (Å²) in [5.41, 5.74) is 0.214. The topological polar surface area (TPSA) is 47.6 Å². The van der Waals surface area contributed by atoms with E-state index in [1.807, 2.05) is 30.3 Å². The second-order valence-corrected chi connectivity index (χ2v) is 5.05. The molecule has 0 N–H and O–H groups in total. The molecule has 0 unspecified atom stereocenters. The number of benzene rings is 1. The van der Waals surface area contributed by atoms with Crippen LogP contribution in [0, 0.1) is 28.1 Å². The van der Waals surface area contributed by atoms with Crippen LogP contribution in [-0.4, -0.2) is 0 Å². The first-order valence-corrected chi connectivity index (χ1v) is 6.71. The van der Waals surface area contributed by atoms with Crippen molar-refractivity contribution in [3.8, 4) is 12.1 Å². The van der Waals surface area contributed by atoms with Crippen molar-refractivity contribution in [1.29, 1.82) is 10.5 Å². The first-order valence-electron chi connectivity index (χ1n) is 6.33. The Morgan fingerprint density at radius 3 is 2.32 bits per heavy atom. The quantitative estimate of drug-likeness (QED) is 0.535. The molecule has 1 aromatic carbocycles. The second-order valence-electron chi connectivity index (χ2n) is 4.61. The van der Waals surface area contributed by atoms with Crippen molar-refractivity contribution in [3.05, 3.63) is 47.5 Å². The van der Waals surface area contributed by atoms with Gasteiger partial charge in [-0.2, -0.15) is 10.5 Å². The van der Waals surface area contributed by atoms with Gasteiger partial charge in [0.2, 0.25) is 0 Å². The van der Waals surface area contributed by atoms with E-state index in [0.29, 0.717) is 24.3 Å². The predicted molar refractivity (Wildman–Crippen MR) is 77.5 cm³/mol. The van der Waals surface area contributed by atoms with Crippen molar-refractivity contribution >= 4 is 11.6 Å². The van der Waals surface area contributed by atoms with E-state index in [4.69, 9.17) is 11.6 Å². The average molecular weight is 273 g/mol. The number of allylic oxidation sites excluding steroid dienone is 1. The number of rotatable bonds is 7. The standard InChI is InChI=1S/C16H17ClN2/c1-2-3-4-10-16(12-18,13-19)11-9-14-5-7-15(17)8-6-14/h2,5-8H,1,3-4,9-11H2. The highest BCUT2D eigenvalue weighted by atomic mass is 35.5. The van der Waals surface area contributed by atoms with Crippen LogP contribution in [0.2, 0.25) is 5.02 Å². The molecule has 1 rings (SSSR count). The van der Waals surface area contributed by atoms with E-state index >= 15 is 0 Å². The smallest absolute Gasteiger partial charge is 0.144 e. The number of unbranched alkanes of at least 4 members (excludes halogenated alkanes) is 1. The number of hydrogen-bond acceptors (Lipinski definition) is 2. The predicted octanol–water partition coefficient (Wildman–Crippen LogP) is 4.66. The van der Waals surface area contributed by atoms with E-state index < -0.39 is 5.41 Å². The monoisotopic (exact) mass is 272 g/mol. The highest BCUT2D eigenvalue weighted by Crippen LogP contribution is 2.29. The van der Waals surface area contributed by atoms with Gasteiger partial charge in [0.15, 0.2) is 0 Å². The highest BCUT2D eigenvalue weighted by molar-refractivity contribution is 6.30. The molecule has 3 heteroatoms. The van der Waals surface area contributed by atoms with Gasteiger partial charge in [-0.25, -0.2) is 0 Å². The first kappa shape index (κ1) is 15.3. The highest BCUT2D eigenvalue weighted by Gasteiger charge is 2.28. The van der Waals surface area contributed by atoms with Gasteiger partial charge in [0, 0.05) is 5.02 Å². The third kappa shape index (κ3) is 4.78. The van der Waals surface area contributed by atoms with E-state index in [2.05, 4.69) is 18.7 Å². The van der Waals surface area contributed by atoms with Gasteiger partial charge in [0.25, 0.3) is 0 Å². The Morgan fingerprint density at radius 1 is 1.16 bits per heavy atom. The molecule has 0 aliphatic heterocycles. The Hall–Kier alpha value is -1.77. The molecule has 1 aromatic rings. The lowest BCUT2D eigenvalue weighted by Gasteiger charge is -2.18. The molecule has 19 heavy (non-hydrogen) atoms. The molecular formula is C16H17ClN2. The van der Waals surface area contributed by atoms with Crippen molar-refractivity contribution < 1.29 is 0 Å². The number of nitriles is 2. The molecule has 0 saturated carbocycles. The van der Waals surface area contributed by atoms with E-state index in [0.717, 1.165) is 18.4 Å². The van der Waals surface area contributed by atoms with Crippen molar-refractivity contribution in [3.63, 3.8) is 0 Å². The van der Waals surface area contributed by atoms with Gasteiger partial charge in [0.1, 0.15) is 5.41 Å². The van der Waals surface area contributed by atoms with Gasteiger partial charge in [-0.3, -0.25) is 0 Å². The largest absolute Gasteiger partial charge is 0.197 e. The Labute approximate surface area is 119 Å². The fraction of sp³-hybridized carbons (Fsp3) is 0.375. The molecular weight excluding hydrogens is 256 g/mol. The Balaban J connectivity index is 2.64. The minimum absolute atomic E-state index is 0.554. The summed E-state index contributed by atoms with van der Waals surface area (Å²) in [5.74, 6) is 0. The number of hydrogen-bond donors (Lipinski definition) is 0. The molecule has 0 aliphatic carbocycles. The summed E-state index contributed by atoms with van der Waals surface area (Å²) in [6.07, 6.45) is 5.35. The molecule has 0 aromatic heterocycles. The molecule has 0 radical (unpaired) electrons. The van der Waals surface area contributed by atoms with Crippen LogP contribution in [0.25, 0.3) is 0 Å². The molecule has 0 saturated heterocycles. The molecule has 0 amide bonds. The molecule has 2 nitrogen and oxygen atoms in total. The van der Waals surface area contributed by atoms with Crippen LogP contribution in [0.1, 0.15) is 31.2 Å². The van der Waals surface area contributed by atoms with Gasteiger partial charge in [0.05, 0.1) is 12.1 Å². The van der Waals surface area contributed by atoms with Crippen LogP contribution in [0.4, 0.5) is 0 Å². The molecule has 0 atom stereocenters. The second kappa shape index (κ2) is 7.62. The van der Waals surface area contributed by atoms with Crippen molar-refractivity contribution in [1.82, 2.24) is 0 Å². The molecule has 0 aliphatic rings. The molecule has 0 bridgehead atoms. The van der Waals surface area contributed by atoms with Crippen molar-refractivity contribution in [2.75, 3.05) is 0 Å². The average Bonchev–Trinajstić information content (AvgIpc) is 2.45. The number of aryl methyl sites for hydroxylation is 1. The lowest BCUT2D eigenvalue weighted by Crippen LogP contribution is -2.17. The van der Waals surface area contributed by atoms with Crippen LogP contribution in [-0.2, 0) is 6.42 Å². The van der Waals surface area contributed by atoms with E-state index in [1.165, 1.54) is 0 Å². The van der Waals surface area contributed by atoms with E-state index in [-0.39, 0.29) is 0 Å². The lowest BCUT2D eigenvalue weighted by molar-refractivity contribution is 0.427. The lowest BCUT2D eigenvalue weighted by atomic mass is 9.80. The van der Waals surface area contributed by atoms with Crippen LogP contribution >= 0.6 is 11.6 Å². The SMILES string of the molecule is C=CCCCC(C#N)(C#N)CCc1ccc(Cl)cc1. The van der Waals surface area contributed by atoms with Gasteiger partial charge < -0.3 is 0 Å². The minimum atomic E-state index is -0.886. The maximum atomic E-state index is 9.28. The van der Waals surface area contributed by atoms with Gasteiger partial charge >= 0.3 is 0 Å². The third-order valence-electron chi connectivity index (χ3n) is 3.19. The third-order valence-corrected chi connectivity index (χ3v) is 3.45. The van der Waals surface area contributed by atoms with Gasteiger partial charge in [-0.05, 0) is 49.8 Å². The van der Waals surface area contributed by atoms with Crippen molar-refractivity contribution in [2.24, 2.45) is 5.41 Å².